The van der Waals surface area contributed by atoms with Gasteiger partial charge < -0.3 is 28.8 Å². The minimum absolute atomic E-state index is 0.0553. The second-order valence-electron chi connectivity index (χ2n) is 8.76. The third kappa shape index (κ3) is 5.18. The molecule has 1 N–H and O–H groups in total. The predicted molar refractivity (Wildman–Crippen MR) is 123 cm³/mol. The van der Waals surface area contributed by atoms with E-state index in [1.165, 1.54) is 9.80 Å². The van der Waals surface area contributed by atoms with Crippen LogP contribution >= 0.6 is 0 Å². The average Bonchev–Trinajstić information content (AvgIpc) is 3.39. The number of ether oxygens (including phenoxy) is 2. The topological polar surface area (TPSA) is 96.5 Å². The lowest BCUT2D eigenvalue weighted by molar-refractivity contribution is -0.908. The number of hydrogen-bond donors (Lipinski definition) is 1. The molecule has 8 heteroatoms. The van der Waals surface area contributed by atoms with Crippen molar-refractivity contribution in [1.29, 1.82) is 0 Å². The van der Waals surface area contributed by atoms with E-state index in [1.54, 1.807) is 43.3 Å². The number of nitrogens with zero attached hydrogens (tertiary/aromatic N) is 1. The van der Waals surface area contributed by atoms with Gasteiger partial charge in [0.15, 0.2) is 0 Å². The van der Waals surface area contributed by atoms with Crippen molar-refractivity contribution in [2.24, 2.45) is 0 Å². The first-order valence-electron chi connectivity index (χ1n) is 12.0. The molecule has 8 nitrogen and oxygen atoms in total. The quantitative estimate of drug-likeness (QED) is 0.334. The Labute approximate surface area is 199 Å². The van der Waals surface area contributed by atoms with Crippen molar-refractivity contribution in [2.75, 3.05) is 46.0 Å². The molecule has 1 atom stereocenters. The maximum Gasteiger partial charge on any atom is 0.295 e. The van der Waals surface area contributed by atoms with Gasteiger partial charge in [0, 0.05) is 18.5 Å². The van der Waals surface area contributed by atoms with Crippen molar-refractivity contribution in [1.82, 2.24) is 4.90 Å². The highest BCUT2D eigenvalue weighted by Crippen LogP contribution is 2.39. The molecule has 0 spiro atoms. The second-order valence-corrected chi connectivity index (χ2v) is 8.76. The molecule has 34 heavy (non-hydrogen) atoms. The Hall–Kier alpha value is -3.10. The number of Topliss-reactive ketones (excluding diaryl/α,β-unsaturated/α-hetero) is 1. The van der Waals surface area contributed by atoms with Gasteiger partial charge in [-0.15, -0.1) is 0 Å². The number of ketones is 1. The second kappa shape index (κ2) is 10.9. The summed E-state index contributed by atoms with van der Waals surface area (Å²) < 4.78 is 16.8. The van der Waals surface area contributed by atoms with Crippen LogP contribution in [-0.2, 0) is 14.3 Å². The minimum atomic E-state index is -0.822. The van der Waals surface area contributed by atoms with Crippen LogP contribution in [0.15, 0.2) is 46.4 Å². The molecule has 3 heterocycles. The number of rotatable bonds is 9. The SMILES string of the molecule is CCCOc1ccc(C([O-])=C2C(=O)C(=O)N(CCC[NH+]3CCOCC3)C2c2ccc(C)o2)cc1. The van der Waals surface area contributed by atoms with Crippen LogP contribution in [0.25, 0.3) is 5.76 Å². The zero-order valence-corrected chi connectivity index (χ0v) is 19.8. The number of carbonyl (C=O) groups is 2. The molecule has 0 aliphatic carbocycles. The Balaban J connectivity index is 1.60. The smallest absolute Gasteiger partial charge is 0.295 e. The highest BCUT2D eigenvalue weighted by atomic mass is 16.5. The Morgan fingerprint density at radius 2 is 1.88 bits per heavy atom. The van der Waals surface area contributed by atoms with Gasteiger partial charge in [-0.25, -0.2) is 0 Å². The van der Waals surface area contributed by atoms with E-state index < -0.39 is 23.5 Å². The molecular formula is C26H32N2O6. The molecule has 0 saturated carbocycles. The van der Waals surface area contributed by atoms with Crippen molar-refractivity contribution in [2.45, 2.75) is 32.7 Å². The number of aryl methyl sites for hydroxylation is 1. The predicted octanol–water partition coefficient (Wildman–Crippen LogP) is 0.906. The van der Waals surface area contributed by atoms with Gasteiger partial charge in [-0.2, -0.15) is 0 Å². The fourth-order valence-corrected chi connectivity index (χ4v) is 4.48. The molecule has 2 saturated heterocycles. The molecular weight excluding hydrogens is 436 g/mol. The Kier molecular flexibility index (Phi) is 7.70. The Morgan fingerprint density at radius 3 is 2.53 bits per heavy atom. The number of morpholine rings is 1. The first kappa shape index (κ1) is 24.0. The van der Waals surface area contributed by atoms with Crippen molar-refractivity contribution < 1.29 is 33.5 Å². The van der Waals surface area contributed by atoms with Gasteiger partial charge in [-0.3, -0.25) is 9.59 Å². The maximum absolute atomic E-state index is 13.4. The maximum atomic E-state index is 13.4. The normalized spacial score (nSPS) is 20.8. The summed E-state index contributed by atoms with van der Waals surface area (Å²) in [5.41, 5.74) is 0.285. The molecule has 1 amide bonds. The monoisotopic (exact) mass is 468 g/mol. The summed E-state index contributed by atoms with van der Waals surface area (Å²) in [5, 5.41) is 13.4. The summed E-state index contributed by atoms with van der Waals surface area (Å²) >= 11 is 0. The van der Waals surface area contributed by atoms with Crippen LogP contribution < -0.4 is 14.7 Å². The van der Waals surface area contributed by atoms with Gasteiger partial charge in [-0.1, -0.05) is 24.8 Å². The standard InChI is InChI=1S/C26H32N2O6/c1-3-15-33-20-8-6-19(7-9-20)24(29)22-23(21-10-5-18(2)34-21)28(26(31)25(22)30)12-4-11-27-13-16-32-17-14-27/h5-10,23,29H,3-4,11-17H2,1-2H3. The van der Waals surface area contributed by atoms with Crippen LogP contribution in [0.1, 0.15) is 42.9 Å². The average molecular weight is 469 g/mol. The van der Waals surface area contributed by atoms with Crippen LogP contribution in [0.5, 0.6) is 5.75 Å². The molecule has 2 aliphatic rings. The highest BCUT2D eigenvalue weighted by Gasteiger charge is 2.45. The van der Waals surface area contributed by atoms with Crippen LogP contribution in [-0.4, -0.2) is 62.6 Å². The zero-order chi connectivity index (χ0) is 24.1. The largest absolute Gasteiger partial charge is 0.872 e. The third-order valence-electron chi connectivity index (χ3n) is 6.28. The van der Waals surface area contributed by atoms with Gasteiger partial charge in [0.1, 0.15) is 36.4 Å². The number of hydrogen-bond acceptors (Lipinski definition) is 6. The van der Waals surface area contributed by atoms with Crippen molar-refractivity contribution in [3.63, 3.8) is 0 Å². The summed E-state index contributed by atoms with van der Waals surface area (Å²) in [4.78, 5) is 29.0. The Bertz CT molecular complexity index is 1040. The molecule has 1 aromatic heterocycles. The van der Waals surface area contributed by atoms with Crippen LogP contribution in [0.4, 0.5) is 0 Å². The summed E-state index contributed by atoms with van der Waals surface area (Å²) in [5.74, 6) is -0.120. The summed E-state index contributed by atoms with van der Waals surface area (Å²) in [6.45, 7) is 8.97. The fraction of sp³-hybridized carbons (Fsp3) is 0.462. The summed E-state index contributed by atoms with van der Waals surface area (Å²) in [6, 6.07) is 9.37. The molecule has 2 aromatic rings. The lowest BCUT2D eigenvalue weighted by Crippen LogP contribution is -3.14. The van der Waals surface area contributed by atoms with Gasteiger partial charge in [0.2, 0.25) is 5.78 Å². The molecule has 1 aromatic carbocycles. The van der Waals surface area contributed by atoms with Gasteiger partial charge in [0.25, 0.3) is 5.91 Å². The molecule has 4 rings (SSSR count). The lowest BCUT2D eigenvalue weighted by atomic mass is 9.99. The van der Waals surface area contributed by atoms with E-state index in [1.807, 2.05) is 6.92 Å². The number of nitrogens with one attached hydrogen (secondary N) is 1. The summed E-state index contributed by atoms with van der Waals surface area (Å²) in [6.07, 6.45) is 1.60. The highest BCUT2D eigenvalue weighted by molar-refractivity contribution is 6.46. The number of carbonyl (C=O) groups excluding carboxylic acids is 2. The van der Waals surface area contributed by atoms with E-state index in [0.717, 1.165) is 45.7 Å². The van der Waals surface area contributed by atoms with Crippen LogP contribution in [0, 0.1) is 6.92 Å². The number of furan rings is 1. The van der Waals surface area contributed by atoms with Crippen molar-refractivity contribution in [3.05, 3.63) is 59.1 Å². The number of likely N-dealkylation sites (tertiary alicyclic amines) is 1. The fourth-order valence-electron chi connectivity index (χ4n) is 4.48. The lowest BCUT2D eigenvalue weighted by Gasteiger charge is -2.27. The van der Waals surface area contributed by atoms with Gasteiger partial charge in [0.05, 0.1) is 26.4 Å². The molecule has 0 bridgehead atoms. The first-order valence-corrected chi connectivity index (χ1v) is 12.0. The molecule has 182 valence electrons. The molecule has 2 fully saturated rings. The van der Waals surface area contributed by atoms with E-state index in [4.69, 9.17) is 13.9 Å². The summed E-state index contributed by atoms with van der Waals surface area (Å²) in [7, 11) is 0. The van der Waals surface area contributed by atoms with E-state index >= 15 is 0 Å². The Morgan fingerprint density at radius 1 is 1.15 bits per heavy atom. The number of benzene rings is 1. The number of quaternary nitrogens is 1. The molecule has 1 unspecified atom stereocenters. The van der Waals surface area contributed by atoms with E-state index in [0.29, 0.717) is 36.0 Å². The van der Waals surface area contributed by atoms with E-state index in [2.05, 4.69) is 0 Å². The van der Waals surface area contributed by atoms with Crippen molar-refractivity contribution in [3.8, 4) is 5.75 Å². The van der Waals surface area contributed by atoms with Crippen LogP contribution in [0.2, 0.25) is 0 Å². The van der Waals surface area contributed by atoms with Gasteiger partial charge in [-0.05, 0) is 43.2 Å². The zero-order valence-electron chi connectivity index (χ0n) is 19.8. The number of amides is 1. The third-order valence-corrected chi connectivity index (χ3v) is 6.28. The minimum Gasteiger partial charge on any atom is -0.872 e. The van der Waals surface area contributed by atoms with Crippen molar-refractivity contribution >= 4 is 17.4 Å². The van der Waals surface area contributed by atoms with Crippen LogP contribution in [0.3, 0.4) is 0 Å². The molecule has 2 aliphatic heterocycles. The van der Waals surface area contributed by atoms with E-state index in [-0.39, 0.29) is 5.57 Å². The first-order chi connectivity index (χ1) is 16.5. The van der Waals surface area contributed by atoms with E-state index in [9.17, 15) is 14.7 Å². The molecule has 0 radical (unpaired) electrons. The van der Waals surface area contributed by atoms with Gasteiger partial charge >= 0.3 is 0 Å².